The van der Waals surface area contributed by atoms with Crippen molar-refractivity contribution >= 4 is 7.60 Å². The van der Waals surface area contributed by atoms with E-state index in [9.17, 15) is 4.57 Å². The SMILES string of the molecule is CCc1cc[c]c(CP(=O)(O)O)c1. The molecule has 3 nitrogen and oxygen atoms in total. The summed E-state index contributed by atoms with van der Waals surface area (Å²) in [5.74, 6) is 0. The average Bonchev–Trinajstić information content (AvgIpc) is 2.01. The van der Waals surface area contributed by atoms with Crippen LogP contribution < -0.4 is 0 Å². The molecule has 0 amide bonds. The van der Waals surface area contributed by atoms with Crippen molar-refractivity contribution in [3.8, 4) is 0 Å². The molecule has 0 unspecified atom stereocenters. The highest BCUT2D eigenvalue weighted by molar-refractivity contribution is 7.50. The number of benzene rings is 1. The maximum Gasteiger partial charge on any atom is 0.329 e. The van der Waals surface area contributed by atoms with Gasteiger partial charge in [0.2, 0.25) is 0 Å². The topological polar surface area (TPSA) is 57.5 Å². The molecule has 0 fully saturated rings. The summed E-state index contributed by atoms with van der Waals surface area (Å²) < 4.78 is 10.7. The molecule has 0 aliphatic rings. The fourth-order valence-electron chi connectivity index (χ4n) is 1.10. The highest BCUT2D eigenvalue weighted by Gasteiger charge is 2.13. The van der Waals surface area contributed by atoms with Gasteiger partial charge in [-0.05, 0) is 23.6 Å². The summed E-state index contributed by atoms with van der Waals surface area (Å²) in [6, 6.07) is 8.17. The standard InChI is InChI=1S/C9H12O3P/c1-2-8-4-3-5-9(6-8)7-13(10,11)12/h3-4,6H,2,7H2,1H3,(H2,10,11,12). The minimum Gasteiger partial charge on any atom is -0.324 e. The molecule has 1 aromatic rings. The first-order valence-electron chi connectivity index (χ1n) is 4.05. The Kier molecular flexibility index (Phi) is 3.26. The molecule has 0 aliphatic carbocycles. The summed E-state index contributed by atoms with van der Waals surface area (Å²) in [5.41, 5.74) is 1.65. The lowest BCUT2D eigenvalue weighted by Gasteiger charge is -2.04. The van der Waals surface area contributed by atoms with Gasteiger partial charge in [-0.2, -0.15) is 0 Å². The van der Waals surface area contributed by atoms with E-state index in [1.807, 2.05) is 13.0 Å². The van der Waals surface area contributed by atoms with Crippen molar-refractivity contribution < 1.29 is 14.4 Å². The van der Waals surface area contributed by atoms with Gasteiger partial charge in [0.1, 0.15) is 0 Å². The lowest BCUT2D eigenvalue weighted by molar-refractivity contribution is 0.371. The molecule has 0 aliphatic heterocycles. The van der Waals surface area contributed by atoms with E-state index in [1.54, 1.807) is 12.1 Å². The molecule has 0 atom stereocenters. The minimum atomic E-state index is -3.95. The molecule has 0 saturated heterocycles. The number of rotatable bonds is 3. The van der Waals surface area contributed by atoms with Gasteiger partial charge in [-0.15, -0.1) is 0 Å². The van der Waals surface area contributed by atoms with Gasteiger partial charge in [0.05, 0.1) is 6.16 Å². The summed E-state index contributed by atoms with van der Waals surface area (Å²) in [7, 11) is -3.95. The van der Waals surface area contributed by atoms with Gasteiger partial charge in [-0.1, -0.05) is 25.1 Å². The zero-order chi connectivity index (χ0) is 9.90. The van der Waals surface area contributed by atoms with Crippen molar-refractivity contribution in [3.63, 3.8) is 0 Å². The van der Waals surface area contributed by atoms with Crippen LogP contribution in [0.25, 0.3) is 0 Å². The van der Waals surface area contributed by atoms with E-state index in [-0.39, 0.29) is 6.16 Å². The molecular formula is C9H12O3P. The second-order valence-corrected chi connectivity index (χ2v) is 4.54. The Morgan fingerprint density at radius 1 is 1.54 bits per heavy atom. The average molecular weight is 199 g/mol. The molecule has 1 rings (SSSR count). The Hall–Kier alpha value is -0.630. The lowest BCUT2D eigenvalue weighted by Crippen LogP contribution is -1.89. The zero-order valence-corrected chi connectivity index (χ0v) is 8.29. The predicted molar refractivity (Wildman–Crippen MR) is 50.4 cm³/mol. The van der Waals surface area contributed by atoms with Crippen molar-refractivity contribution in [1.82, 2.24) is 0 Å². The summed E-state index contributed by atoms with van der Waals surface area (Å²) >= 11 is 0. The Balaban J connectivity index is 2.84. The van der Waals surface area contributed by atoms with Gasteiger partial charge in [-0.25, -0.2) is 0 Å². The molecule has 0 aromatic heterocycles. The molecule has 71 valence electrons. The Bertz CT molecular complexity index is 329. The molecule has 0 spiro atoms. The van der Waals surface area contributed by atoms with Crippen LogP contribution >= 0.6 is 7.60 Å². The lowest BCUT2D eigenvalue weighted by atomic mass is 10.1. The first kappa shape index (κ1) is 10.5. The van der Waals surface area contributed by atoms with Crippen LogP contribution in [0.2, 0.25) is 0 Å². The quantitative estimate of drug-likeness (QED) is 0.729. The highest BCUT2D eigenvalue weighted by Crippen LogP contribution is 2.38. The normalized spacial score (nSPS) is 11.6. The number of hydrogen-bond acceptors (Lipinski definition) is 1. The van der Waals surface area contributed by atoms with Crippen LogP contribution in [0.5, 0.6) is 0 Å². The summed E-state index contributed by atoms with van der Waals surface area (Å²) in [6.07, 6.45) is 0.643. The molecule has 1 radical (unpaired) electrons. The van der Waals surface area contributed by atoms with Crippen LogP contribution in [-0.2, 0) is 17.1 Å². The van der Waals surface area contributed by atoms with E-state index in [1.165, 1.54) is 0 Å². The molecule has 0 saturated carbocycles. The molecule has 13 heavy (non-hydrogen) atoms. The van der Waals surface area contributed by atoms with Crippen LogP contribution in [0, 0.1) is 6.07 Å². The molecule has 0 bridgehead atoms. The maximum atomic E-state index is 10.7. The summed E-state index contributed by atoms with van der Waals surface area (Å²) in [6.45, 7) is 2.00. The molecule has 0 heterocycles. The largest absolute Gasteiger partial charge is 0.329 e. The van der Waals surface area contributed by atoms with Crippen LogP contribution in [0.1, 0.15) is 18.1 Å². The first-order chi connectivity index (χ1) is 6.01. The van der Waals surface area contributed by atoms with Crippen molar-refractivity contribution in [2.24, 2.45) is 0 Å². The van der Waals surface area contributed by atoms with E-state index >= 15 is 0 Å². The molecule has 4 heteroatoms. The van der Waals surface area contributed by atoms with Crippen molar-refractivity contribution in [2.45, 2.75) is 19.5 Å². The van der Waals surface area contributed by atoms with Gasteiger partial charge in [0.15, 0.2) is 0 Å². The smallest absolute Gasteiger partial charge is 0.324 e. The fraction of sp³-hybridized carbons (Fsp3) is 0.333. The van der Waals surface area contributed by atoms with Gasteiger partial charge in [0, 0.05) is 0 Å². The van der Waals surface area contributed by atoms with Crippen molar-refractivity contribution in [3.05, 3.63) is 35.4 Å². The molecule has 1 aromatic carbocycles. The Morgan fingerprint density at radius 3 is 2.77 bits per heavy atom. The zero-order valence-electron chi connectivity index (χ0n) is 7.40. The number of aryl methyl sites for hydroxylation is 1. The Labute approximate surface area is 77.6 Å². The van der Waals surface area contributed by atoms with Crippen LogP contribution in [0.4, 0.5) is 0 Å². The third-order valence-corrected chi connectivity index (χ3v) is 2.46. The number of hydrogen-bond donors (Lipinski definition) is 2. The fourth-order valence-corrected chi connectivity index (χ4v) is 1.73. The minimum absolute atomic E-state index is 0.221. The molecular weight excluding hydrogens is 187 g/mol. The maximum absolute atomic E-state index is 10.7. The van der Waals surface area contributed by atoms with E-state index in [2.05, 4.69) is 6.07 Å². The Morgan fingerprint density at radius 2 is 2.23 bits per heavy atom. The second kappa shape index (κ2) is 4.05. The van der Waals surface area contributed by atoms with E-state index < -0.39 is 7.60 Å². The third kappa shape index (κ3) is 3.73. The van der Waals surface area contributed by atoms with Gasteiger partial charge in [-0.3, -0.25) is 4.57 Å². The monoisotopic (exact) mass is 199 g/mol. The summed E-state index contributed by atoms with van der Waals surface area (Å²) in [4.78, 5) is 17.5. The molecule has 2 N–H and O–H groups in total. The third-order valence-electron chi connectivity index (χ3n) is 1.71. The van der Waals surface area contributed by atoms with E-state index in [0.717, 1.165) is 12.0 Å². The predicted octanol–water partition coefficient (Wildman–Crippen LogP) is 1.73. The second-order valence-electron chi connectivity index (χ2n) is 2.90. The van der Waals surface area contributed by atoms with Gasteiger partial charge in [0.25, 0.3) is 0 Å². The van der Waals surface area contributed by atoms with Gasteiger partial charge < -0.3 is 9.79 Å². The first-order valence-corrected chi connectivity index (χ1v) is 5.85. The van der Waals surface area contributed by atoms with Crippen molar-refractivity contribution in [2.75, 3.05) is 0 Å². The van der Waals surface area contributed by atoms with Crippen molar-refractivity contribution in [1.29, 1.82) is 0 Å². The van der Waals surface area contributed by atoms with Crippen LogP contribution in [0.15, 0.2) is 18.2 Å². The van der Waals surface area contributed by atoms with Gasteiger partial charge >= 0.3 is 7.60 Å². The highest BCUT2D eigenvalue weighted by atomic mass is 31.2. The van der Waals surface area contributed by atoms with E-state index in [4.69, 9.17) is 9.79 Å². The summed E-state index contributed by atoms with van der Waals surface area (Å²) in [5, 5.41) is 0. The van der Waals surface area contributed by atoms with Crippen LogP contribution in [-0.4, -0.2) is 9.79 Å². The van der Waals surface area contributed by atoms with Crippen LogP contribution in [0.3, 0.4) is 0 Å². The van der Waals surface area contributed by atoms with E-state index in [0.29, 0.717) is 5.56 Å².